The van der Waals surface area contributed by atoms with Crippen LogP contribution in [0.25, 0.3) is 21.7 Å². The smallest absolute Gasteiger partial charge is 0.273 e. The topological polar surface area (TPSA) is 88.0 Å². The van der Waals surface area contributed by atoms with Gasteiger partial charge in [0.05, 0.1) is 7.11 Å². The second kappa shape index (κ2) is 7.49. The number of rotatable bonds is 6. The lowest BCUT2D eigenvalue weighted by Crippen LogP contribution is -2.21. The summed E-state index contributed by atoms with van der Waals surface area (Å²) in [6.07, 6.45) is 3.18. The molecule has 0 aliphatic rings. The molecule has 0 unspecified atom stereocenters. The maximum Gasteiger partial charge on any atom is 0.273 e. The molecule has 8 nitrogen and oxygen atoms in total. The highest BCUT2D eigenvalue weighted by molar-refractivity contribution is 7.73. The van der Waals surface area contributed by atoms with Crippen LogP contribution in [-0.2, 0) is 13.1 Å². The largest absolute Gasteiger partial charge is 0.497 e. The quantitative estimate of drug-likeness (QED) is 0.354. The highest BCUT2D eigenvalue weighted by atomic mass is 32.1. The summed E-state index contributed by atoms with van der Waals surface area (Å²) in [7, 11) is 1.59. The molecule has 10 heteroatoms. The van der Waals surface area contributed by atoms with Crippen molar-refractivity contribution in [1.82, 2.24) is 24.3 Å². The minimum Gasteiger partial charge on any atom is -0.497 e. The summed E-state index contributed by atoms with van der Waals surface area (Å²) in [6, 6.07) is 7.34. The predicted molar refractivity (Wildman–Crippen MR) is 108 cm³/mol. The first-order valence-electron chi connectivity index (χ1n) is 8.27. The number of thiazole rings is 1. The van der Waals surface area contributed by atoms with Crippen LogP contribution in [0.1, 0.15) is 5.89 Å². The molecule has 0 fully saturated rings. The van der Waals surface area contributed by atoms with Crippen molar-refractivity contribution in [2.75, 3.05) is 7.11 Å². The van der Waals surface area contributed by atoms with Gasteiger partial charge in [0.2, 0.25) is 11.7 Å². The first kappa shape index (κ1) is 18.3. The third kappa shape index (κ3) is 3.27. The Labute approximate surface area is 168 Å². The Kier molecular flexibility index (Phi) is 4.88. The van der Waals surface area contributed by atoms with Gasteiger partial charge in [-0.3, -0.25) is 9.36 Å². The summed E-state index contributed by atoms with van der Waals surface area (Å²) in [6.45, 7) is 4.33. The molecule has 4 aromatic rings. The van der Waals surface area contributed by atoms with E-state index >= 15 is 0 Å². The van der Waals surface area contributed by atoms with E-state index in [1.807, 2.05) is 24.3 Å². The van der Waals surface area contributed by atoms with E-state index in [1.165, 1.54) is 22.2 Å². The average molecular weight is 413 g/mol. The van der Waals surface area contributed by atoms with Gasteiger partial charge in [0.1, 0.15) is 23.3 Å². The second-order valence-electron chi connectivity index (χ2n) is 5.84. The van der Waals surface area contributed by atoms with Gasteiger partial charge >= 0.3 is 0 Å². The minimum atomic E-state index is -0.204. The van der Waals surface area contributed by atoms with E-state index in [1.54, 1.807) is 17.8 Å². The van der Waals surface area contributed by atoms with E-state index in [-0.39, 0.29) is 12.1 Å². The lowest BCUT2D eigenvalue weighted by molar-refractivity contribution is 0.369. The van der Waals surface area contributed by atoms with E-state index in [4.69, 9.17) is 21.5 Å². The van der Waals surface area contributed by atoms with E-state index in [0.717, 1.165) is 5.56 Å². The zero-order valence-corrected chi connectivity index (χ0v) is 16.5. The maximum absolute atomic E-state index is 12.8. The summed E-state index contributed by atoms with van der Waals surface area (Å²) < 4.78 is 14.8. The molecule has 0 aliphatic heterocycles. The Morgan fingerprint density at radius 3 is 3.07 bits per heavy atom. The Morgan fingerprint density at radius 1 is 1.43 bits per heavy atom. The fourth-order valence-electron chi connectivity index (χ4n) is 2.72. The number of ether oxygens (including phenoxy) is 1. The maximum atomic E-state index is 12.8. The molecule has 0 aliphatic carbocycles. The highest BCUT2D eigenvalue weighted by Gasteiger charge is 2.14. The highest BCUT2D eigenvalue weighted by Crippen LogP contribution is 2.22. The Bertz CT molecular complexity index is 1280. The van der Waals surface area contributed by atoms with Gasteiger partial charge in [0.15, 0.2) is 9.60 Å². The number of nitrogens with zero attached hydrogens (tertiary/aromatic N) is 5. The van der Waals surface area contributed by atoms with Crippen LogP contribution in [0, 0.1) is 3.95 Å². The molecule has 0 bridgehead atoms. The van der Waals surface area contributed by atoms with Gasteiger partial charge in [0, 0.05) is 12.1 Å². The Hall–Kier alpha value is -3.11. The predicted octanol–water partition coefficient (Wildman–Crippen LogP) is 3.28. The average Bonchev–Trinajstić information content (AvgIpc) is 3.30. The van der Waals surface area contributed by atoms with Gasteiger partial charge in [-0.25, -0.2) is 4.98 Å². The lowest BCUT2D eigenvalue weighted by Gasteiger charge is -2.03. The van der Waals surface area contributed by atoms with Gasteiger partial charge < -0.3 is 13.8 Å². The molecule has 3 aromatic heterocycles. The molecule has 0 saturated carbocycles. The van der Waals surface area contributed by atoms with E-state index in [2.05, 4.69) is 21.7 Å². The monoisotopic (exact) mass is 413 g/mol. The zero-order chi connectivity index (χ0) is 19.7. The molecule has 142 valence electrons. The van der Waals surface area contributed by atoms with Crippen molar-refractivity contribution in [3.8, 4) is 17.1 Å². The number of allylic oxidation sites excluding steroid dienone is 1. The van der Waals surface area contributed by atoms with E-state index in [0.29, 0.717) is 38.3 Å². The standard InChI is InChI=1S/C18H15N5O3S2/c1-3-7-23-16-14(28-18(23)27)17(24)22(10-19-16)9-13-20-15(21-26-13)11-5-4-6-12(8-11)25-2/h3-6,8,10H,1,7,9H2,2H3. The Balaban J connectivity index is 1.66. The van der Waals surface area contributed by atoms with Gasteiger partial charge in [-0.1, -0.05) is 34.7 Å². The van der Waals surface area contributed by atoms with Crippen molar-refractivity contribution >= 4 is 33.9 Å². The van der Waals surface area contributed by atoms with Crippen LogP contribution < -0.4 is 10.3 Å². The minimum absolute atomic E-state index is 0.116. The zero-order valence-electron chi connectivity index (χ0n) is 14.9. The summed E-state index contributed by atoms with van der Waals surface area (Å²) in [5.74, 6) is 1.42. The molecular weight excluding hydrogens is 398 g/mol. The Morgan fingerprint density at radius 2 is 2.29 bits per heavy atom. The number of hydrogen-bond acceptors (Lipinski definition) is 8. The lowest BCUT2D eigenvalue weighted by atomic mass is 10.2. The first-order chi connectivity index (χ1) is 13.6. The molecular formula is C18H15N5O3S2. The van der Waals surface area contributed by atoms with Crippen LogP contribution >= 0.6 is 23.6 Å². The fourth-order valence-corrected chi connectivity index (χ4v) is 4.03. The molecule has 4 rings (SSSR count). The molecule has 28 heavy (non-hydrogen) atoms. The van der Waals surface area contributed by atoms with Gasteiger partial charge in [0.25, 0.3) is 5.56 Å². The molecule has 0 radical (unpaired) electrons. The SMILES string of the molecule is C=CCn1c(=S)sc2c(=O)n(Cc3nc(-c4cccc(OC)c4)no3)cnc21. The van der Waals surface area contributed by atoms with Crippen LogP contribution in [0.4, 0.5) is 0 Å². The third-order valence-corrected chi connectivity index (χ3v) is 5.48. The van der Waals surface area contributed by atoms with Crippen LogP contribution in [0.5, 0.6) is 5.75 Å². The van der Waals surface area contributed by atoms with Crippen LogP contribution in [0.15, 0.2) is 52.6 Å². The molecule has 0 N–H and O–H groups in total. The number of aromatic nitrogens is 5. The van der Waals surface area contributed by atoms with Crippen molar-refractivity contribution in [2.24, 2.45) is 0 Å². The first-order valence-corrected chi connectivity index (χ1v) is 9.50. The molecule has 0 amide bonds. The molecule has 3 heterocycles. The van der Waals surface area contributed by atoms with Crippen molar-refractivity contribution in [1.29, 1.82) is 0 Å². The number of fused-ring (bicyclic) bond motifs is 1. The fraction of sp³-hybridized carbons (Fsp3) is 0.167. The molecule has 1 aromatic carbocycles. The van der Waals surface area contributed by atoms with Gasteiger partial charge in [-0.15, -0.1) is 6.58 Å². The summed E-state index contributed by atoms with van der Waals surface area (Å²) in [4.78, 5) is 21.6. The van der Waals surface area contributed by atoms with Crippen molar-refractivity contribution in [2.45, 2.75) is 13.1 Å². The van der Waals surface area contributed by atoms with Gasteiger partial charge in [-0.2, -0.15) is 4.98 Å². The van der Waals surface area contributed by atoms with Crippen LogP contribution in [-0.4, -0.2) is 31.4 Å². The van der Waals surface area contributed by atoms with Crippen molar-refractivity contribution < 1.29 is 9.26 Å². The van der Waals surface area contributed by atoms with E-state index in [9.17, 15) is 4.79 Å². The van der Waals surface area contributed by atoms with Gasteiger partial charge in [-0.05, 0) is 24.4 Å². The van der Waals surface area contributed by atoms with Crippen LogP contribution in [0.2, 0.25) is 0 Å². The summed E-state index contributed by atoms with van der Waals surface area (Å²) in [5.41, 5.74) is 1.11. The second-order valence-corrected chi connectivity index (χ2v) is 7.49. The summed E-state index contributed by atoms with van der Waals surface area (Å²) >= 11 is 6.55. The van der Waals surface area contributed by atoms with Crippen molar-refractivity contribution in [3.63, 3.8) is 0 Å². The molecule has 0 atom stereocenters. The number of benzene rings is 1. The van der Waals surface area contributed by atoms with Crippen molar-refractivity contribution in [3.05, 3.63) is 63.4 Å². The van der Waals surface area contributed by atoms with E-state index < -0.39 is 0 Å². The molecule has 0 spiro atoms. The van der Waals surface area contributed by atoms with Crippen LogP contribution in [0.3, 0.4) is 0 Å². The number of methoxy groups -OCH3 is 1. The normalized spacial score (nSPS) is 11.0. The number of hydrogen-bond donors (Lipinski definition) is 0. The third-order valence-electron chi connectivity index (χ3n) is 4.06. The molecule has 0 saturated heterocycles. The summed E-state index contributed by atoms with van der Waals surface area (Å²) in [5, 5.41) is 3.99.